The molecule has 1 aromatic rings. The Morgan fingerprint density at radius 2 is 2.12 bits per heavy atom. The zero-order valence-electron chi connectivity index (χ0n) is 8.51. The van der Waals surface area contributed by atoms with Crippen molar-refractivity contribution in [1.29, 1.82) is 0 Å². The van der Waals surface area contributed by atoms with Gasteiger partial charge in [-0.3, -0.25) is 10.1 Å². The number of nitrogens with one attached hydrogen (secondary N) is 2. The number of carbonyl (C=O) groups is 2. The molecule has 1 rings (SSSR count). The fourth-order valence-corrected chi connectivity index (χ4v) is 1.49. The van der Waals surface area contributed by atoms with Crippen molar-refractivity contribution >= 4 is 45.2 Å². The number of aryl methyl sites for hydroxylation is 1. The van der Waals surface area contributed by atoms with Crippen LogP contribution < -0.4 is 10.6 Å². The van der Waals surface area contributed by atoms with E-state index in [1.807, 2.05) is 13.0 Å². The number of urea groups is 1. The molecule has 16 heavy (non-hydrogen) atoms. The van der Waals surface area contributed by atoms with Crippen LogP contribution in [0.1, 0.15) is 5.56 Å². The van der Waals surface area contributed by atoms with E-state index >= 15 is 0 Å². The van der Waals surface area contributed by atoms with Gasteiger partial charge in [0.1, 0.15) is 5.88 Å². The van der Waals surface area contributed by atoms with Crippen LogP contribution in [0.4, 0.5) is 10.5 Å². The van der Waals surface area contributed by atoms with E-state index in [0.29, 0.717) is 5.69 Å². The van der Waals surface area contributed by atoms with Crippen LogP contribution >= 0.6 is 27.5 Å². The molecule has 4 nitrogen and oxygen atoms in total. The van der Waals surface area contributed by atoms with E-state index in [4.69, 9.17) is 11.6 Å². The summed E-state index contributed by atoms with van der Waals surface area (Å²) in [6.07, 6.45) is 0. The second-order valence-electron chi connectivity index (χ2n) is 3.07. The summed E-state index contributed by atoms with van der Waals surface area (Å²) in [6.45, 7) is 1.90. The van der Waals surface area contributed by atoms with Crippen LogP contribution in [0.2, 0.25) is 0 Å². The Morgan fingerprint density at radius 3 is 2.75 bits per heavy atom. The number of alkyl halides is 1. The number of imide groups is 1. The average molecular weight is 306 g/mol. The third kappa shape index (κ3) is 3.50. The highest BCUT2D eigenvalue weighted by Gasteiger charge is 2.09. The Balaban J connectivity index is 2.70. The summed E-state index contributed by atoms with van der Waals surface area (Å²) in [5, 5.41) is 4.62. The van der Waals surface area contributed by atoms with E-state index in [1.54, 1.807) is 12.1 Å². The minimum Gasteiger partial charge on any atom is -0.307 e. The summed E-state index contributed by atoms with van der Waals surface area (Å²) >= 11 is 8.59. The lowest BCUT2D eigenvalue weighted by Crippen LogP contribution is -2.35. The molecule has 86 valence electrons. The van der Waals surface area contributed by atoms with Crippen molar-refractivity contribution in [3.05, 3.63) is 28.2 Å². The number of benzene rings is 1. The van der Waals surface area contributed by atoms with E-state index in [-0.39, 0.29) is 5.88 Å². The van der Waals surface area contributed by atoms with Crippen molar-refractivity contribution in [3.63, 3.8) is 0 Å². The zero-order chi connectivity index (χ0) is 12.1. The maximum Gasteiger partial charge on any atom is 0.325 e. The molecule has 0 radical (unpaired) electrons. The van der Waals surface area contributed by atoms with Gasteiger partial charge in [0, 0.05) is 4.47 Å². The van der Waals surface area contributed by atoms with Gasteiger partial charge in [0.25, 0.3) is 0 Å². The molecule has 0 unspecified atom stereocenters. The van der Waals surface area contributed by atoms with Crippen molar-refractivity contribution in [3.8, 4) is 0 Å². The monoisotopic (exact) mass is 304 g/mol. The number of hydrogen-bond donors (Lipinski definition) is 2. The lowest BCUT2D eigenvalue weighted by atomic mass is 10.2. The van der Waals surface area contributed by atoms with Crippen molar-refractivity contribution < 1.29 is 9.59 Å². The van der Waals surface area contributed by atoms with Crippen LogP contribution in [0.5, 0.6) is 0 Å². The van der Waals surface area contributed by atoms with Crippen LogP contribution in [-0.4, -0.2) is 17.8 Å². The number of halogens is 2. The number of rotatable bonds is 2. The fraction of sp³-hybridized carbons (Fsp3) is 0.200. The van der Waals surface area contributed by atoms with E-state index < -0.39 is 11.9 Å². The number of anilines is 1. The molecule has 0 bridgehead atoms. The van der Waals surface area contributed by atoms with E-state index in [2.05, 4.69) is 26.6 Å². The van der Waals surface area contributed by atoms with Gasteiger partial charge in [-0.25, -0.2) is 4.79 Å². The zero-order valence-corrected chi connectivity index (χ0v) is 10.9. The van der Waals surface area contributed by atoms with Crippen LogP contribution in [0.15, 0.2) is 22.7 Å². The Bertz CT molecular complexity index is 423. The molecule has 2 N–H and O–H groups in total. The second kappa shape index (κ2) is 5.86. The SMILES string of the molecule is Cc1cccc(NC(=O)NC(=O)CCl)c1Br. The molecule has 1 aromatic carbocycles. The molecule has 3 amide bonds. The molecular formula is C10H10BrClN2O2. The first kappa shape index (κ1) is 13.0. The summed E-state index contributed by atoms with van der Waals surface area (Å²) < 4.78 is 0.781. The van der Waals surface area contributed by atoms with Gasteiger partial charge < -0.3 is 5.32 Å². The Kier molecular flexibility index (Phi) is 4.76. The van der Waals surface area contributed by atoms with Gasteiger partial charge in [-0.1, -0.05) is 12.1 Å². The molecule has 0 aliphatic heterocycles. The Labute approximate surface area is 106 Å². The highest BCUT2D eigenvalue weighted by atomic mass is 79.9. The minimum atomic E-state index is -0.600. The number of amides is 3. The highest BCUT2D eigenvalue weighted by Crippen LogP contribution is 2.25. The van der Waals surface area contributed by atoms with Crippen LogP contribution in [0, 0.1) is 6.92 Å². The number of carbonyl (C=O) groups excluding carboxylic acids is 2. The average Bonchev–Trinajstić information content (AvgIpc) is 2.24. The van der Waals surface area contributed by atoms with Crippen molar-refractivity contribution in [2.24, 2.45) is 0 Å². The molecule has 0 aromatic heterocycles. The molecule has 0 saturated carbocycles. The molecule has 0 fully saturated rings. The summed E-state index contributed by atoms with van der Waals surface area (Å²) in [6, 6.07) is 4.83. The van der Waals surface area contributed by atoms with Gasteiger partial charge in [0.2, 0.25) is 5.91 Å². The molecule has 0 saturated heterocycles. The molecule has 6 heteroatoms. The highest BCUT2D eigenvalue weighted by molar-refractivity contribution is 9.10. The summed E-state index contributed by atoms with van der Waals surface area (Å²) in [4.78, 5) is 22.2. The Hall–Kier alpha value is -1.07. The topological polar surface area (TPSA) is 58.2 Å². The summed E-state index contributed by atoms with van der Waals surface area (Å²) in [7, 11) is 0. The van der Waals surface area contributed by atoms with E-state index in [0.717, 1.165) is 10.0 Å². The Morgan fingerprint density at radius 1 is 1.44 bits per heavy atom. The fourth-order valence-electron chi connectivity index (χ4n) is 1.06. The third-order valence-corrected chi connectivity index (χ3v) is 3.11. The predicted molar refractivity (Wildman–Crippen MR) is 66.8 cm³/mol. The standard InChI is InChI=1S/C10H10BrClN2O2/c1-6-3-2-4-7(9(6)11)13-10(16)14-8(15)5-12/h2-4H,5H2,1H3,(H2,13,14,15,16). The van der Waals surface area contributed by atoms with Gasteiger partial charge in [-0.2, -0.15) is 0 Å². The maximum atomic E-state index is 11.3. The second-order valence-corrected chi connectivity index (χ2v) is 4.13. The lowest BCUT2D eigenvalue weighted by Gasteiger charge is -2.08. The minimum absolute atomic E-state index is 0.248. The molecule has 0 spiro atoms. The predicted octanol–water partition coefficient (Wildman–Crippen LogP) is 2.64. The van der Waals surface area contributed by atoms with Crippen LogP contribution in [0.25, 0.3) is 0 Å². The van der Waals surface area contributed by atoms with Gasteiger partial charge in [-0.15, -0.1) is 11.6 Å². The van der Waals surface area contributed by atoms with Crippen LogP contribution in [-0.2, 0) is 4.79 Å². The quantitative estimate of drug-likeness (QED) is 0.825. The van der Waals surface area contributed by atoms with Crippen LogP contribution in [0.3, 0.4) is 0 Å². The lowest BCUT2D eigenvalue weighted by molar-refractivity contribution is -0.117. The maximum absolute atomic E-state index is 11.3. The van der Waals surface area contributed by atoms with E-state index in [9.17, 15) is 9.59 Å². The molecule has 0 heterocycles. The van der Waals surface area contributed by atoms with Crippen molar-refractivity contribution in [2.45, 2.75) is 6.92 Å². The van der Waals surface area contributed by atoms with Gasteiger partial charge in [-0.05, 0) is 34.5 Å². The normalized spacial score (nSPS) is 9.69. The van der Waals surface area contributed by atoms with Gasteiger partial charge >= 0.3 is 6.03 Å². The van der Waals surface area contributed by atoms with E-state index in [1.165, 1.54) is 0 Å². The summed E-state index contributed by atoms with van der Waals surface area (Å²) in [5.41, 5.74) is 1.58. The first-order valence-electron chi connectivity index (χ1n) is 4.46. The first-order chi connectivity index (χ1) is 7.54. The van der Waals surface area contributed by atoms with Crippen molar-refractivity contribution in [1.82, 2.24) is 5.32 Å². The molecule has 0 atom stereocenters. The molecule has 0 aliphatic carbocycles. The third-order valence-electron chi connectivity index (χ3n) is 1.81. The summed E-state index contributed by atoms with van der Waals surface area (Å²) in [5.74, 6) is -0.787. The molecule has 0 aliphatic rings. The first-order valence-corrected chi connectivity index (χ1v) is 5.79. The smallest absolute Gasteiger partial charge is 0.307 e. The number of hydrogen-bond acceptors (Lipinski definition) is 2. The van der Waals surface area contributed by atoms with Gasteiger partial charge in [0.15, 0.2) is 0 Å². The van der Waals surface area contributed by atoms with Crippen molar-refractivity contribution in [2.75, 3.05) is 11.2 Å². The van der Waals surface area contributed by atoms with Gasteiger partial charge in [0.05, 0.1) is 5.69 Å². The molecular weight excluding hydrogens is 295 g/mol. The largest absolute Gasteiger partial charge is 0.325 e.